The first-order chi connectivity index (χ1) is 9.72. The minimum Gasteiger partial charge on any atom is -0.382 e. The molecular weight excluding hydrogens is 280 g/mol. The molecule has 0 spiro atoms. The average molecular weight is 301 g/mol. The number of hydrogen-bond acceptors (Lipinski definition) is 5. The lowest BCUT2D eigenvalue weighted by Gasteiger charge is -2.26. The van der Waals surface area contributed by atoms with Crippen LogP contribution in [0, 0.1) is 0 Å². The van der Waals surface area contributed by atoms with E-state index in [0.717, 1.165) is 45.8 Å². The van der Waals surface area contributed by atoms with Crippen molar-refractivity contribution in [2.75, 3.05) is 44.7 Å². The highest BCUT2D eigenvalue weighted by atomic mass is 35.5. The summed E-state index contributed by atoms with van der Waals surface area (Å²) >= 11 is 6.04. The molecule has 6 nitrogen and oxygen atoms in total. The van der Waals surface area contributed by atoms with Gasteiger partial charge in [0.15, 0.2) is 0 Å². The Hall–Kier alpha value is -1.11. The smallest absolute Gasteiger partial charge is 0.287 e. The number of morpholine rings is 1. The molecule has 0 unspecified atom stereocenters. The standard InChI is InChI=1S/C13H21ClN4O2/c1-2-18-13(19)12(14)11(10-16-18)15-4-3-5-17-6-8-20-9-7-17/h10,15H,2-9H2,1H3. The Kier molecular flexibility index (Phi) is 5.82. The second-order valence-corrected chi connectivity index (χ2v) is 5.11. The van der Waals surface area contributed by atoms with Crippen molar-refractivity contribution in [2.24, 2.45) is 0 Å². The van der Waals surface area contributed by atoms with E-state index in [0.29, 0.717) is 12.2 Å². The maximum Gasteiger partial charge on any atom is 0.287 e. The third kappa shape index (κ3) is 3.94. The Morgan fingerprint density at radius 3 is 2.90 bits per heavy atom. The molecule has 1 aliphatic heterocycles. The SMILES string of the molecule is CCn1ncc(NCCCN2CCOCC2)c(Cl)c1=O. The first-order valence-electron chi connectivity index (χ1n) is 7.02. The maximum atomic E-state index is 11.8. The van der Waals surface area contributed by atoms with Crippen LogP contribution in [0.15, 0.2) is 11.0 Å². The van der Waals surface area contributed by atoms with Crippen LogP contribution in [-0.4, -0.2) is 54.1 Å². The number of nitrogens with zero attached hydrogens (tertiary/aromatic N) is 3. The van der Waals surface area contributed by atoms with Crippen LogP contribution in [0.25, 0.3) is 0 Å². The van der Waals surface area contributed by atoms with Gasteiger partial charge in [0.1, 0.15) is 5.02 Å². The fraction of sp³-hybridized carbons (Fsp3) is 0.692. The molecule has 0 aliphatic carbocycles. The summed E-state index contributed by atoms with van der Waals surface area (Å²) in [6.45, 7) is 7.80. The Bertz CT molecular complexity index is 486. The molecule has 2 rings (SSSR count). The van der Waals surface area contributed by atoms with E-state index in [2.05, 4.69) is 15.3 Å². The average Bonchev–Trinajstić information content (AvgIpc) is 2.49. The fourth-order valence-electron chi connectivity index (χ4n) is 2.16. The summed E-state index contributed by atoms with van der Waals surface area (Å²) in [5.41, 5.74) is 0.371. The van der Waals surface area contributed by atoms with Crippen molar-refractivity contribution in [3.63, 3.8) is 0 Å². The van der Waals surface area contributed by atoms with Crippen molar-refractivity contribution in [2.45, 2.75) is 19.9 Å². The van der Waals surface area contributed by atoms with Crippen LogP contribution in [0.2, 0.25) is 5.02 Å². The monoisotopic (exact) mass is 300 g/mol. The van der Waals surface area contributed by atoms with Gasteiger partial charge < -0.3 is 10.1 Å². The van der Waals surface area contributed by atoms with E-state index in [4.69, 9.17) is 16.3 Å². The summed E-state index contributed by atoms with van der Waals surface area (Å²) in [4.78, 5) is 14.2. The number of hydrogen-bond donors (Lipinski definition) is 1. The largest absolute Gasteiger partial charge is 0.382 e. The number of nitrogens with one attached hydrogen (secondary N) is 1. The zero-order valence-corrected chi connectivity index (χ0v) is 12.5. The van der Waals surface area contributed by atoms with Crippen LogP contribution >= 0.6 is 11.6 Å². The molecule has 20 heavy (non-hydrogen) atoms. The van der Waals surface area contributed by atoms with E-state index < -0.39 is 0 Å². The Morgan fingerprint density at radius 1 is 1.45 bits per heavy atom. The lowest BCUT2D eigenvalue weighted by atomic mass is 10.3. The molecule has 0 atom stereocenters. The number of ether oxygens (including phenoxy) is 1. The van der Waals surface area contributed by atoms with Gasteiger partial charge in [-0.25, -0.2) is 4.68 Å². The van der Waals surface area contributed by atoms with Crippen LogP contribution in [-0.2, 0) is 11.3 Å². The molecule has 0 aromatic carbocycles. The van der Waals surface area contributed by atoms with Gasteiger partial charge in [-0.05, 0) is 19.9 Å². The number of halogens is 1. The summed E-state index contributed by atoms with van der Waals surface area (Å²) in [6.07, 6.45) is 2.61. The Labute approximate surface area is 123 Å². The Morgan fingerprint density at radius 2 is 2.20 bits per heavy atom. The number of aryl methyl sites for hydroxylation is 1. The second-order valence-electron chi connectivity index (χ2n) is 4.73. The van der Waals surface area contributed by atoms with Gasteiger partial charge in [-0.3, -0.25) is 9.69 Å². The summed E-state index contributed by atoms with van der Waals surface area (Å²) in [6, 6.07) is 0. The predicted octanol–water partition coefficient (Wildman–Crippen LogP) is 1.05. The number of rotatable bonds is 6. The van der Waals surface area contributed by atoms with Gasteiger partial charge in [-0.15, -0.1) is 0 Å². The molecule has 1 N–H and O–H groups in total. The zero-order valence-electron chi connectivity index (χ0n) is 11.8. The molecule has 112 valence electrons. The first kappa shape index (κ1) is 15.3. The highest BCUT2D eigenvalue weighted by Crippen LogP contribution is 2.14. The van der Waals surface area contributed by atoms with Crippen LogP contribution in [0.3, 0.4) is 0 Å². The molecule has 0 saturated carbocycles. The van der Waals surface area contributed by atoms with Gasteiger partial charge in [-0.1, -0.05) is 11.6 Å². The fourth-order valence-corrected chi connectivity index (χ4v) is 2.38. The van der Waals surface area contributed by atoms with Gasteiger partial charge in [-0.2, -0.15) is 5.10 Å². The topological polar surface area (TPSA) is 59.4 Å². The minimum absolute atomic E-state index is 0.216. The molecule has 1 fully saturated rings. The third-order valence-corrected chi connectivity index (χ3v) is 3.72. The quantitative estimate of drug-likeness (QED) is 0.796. The summed E-state index contributed by atoms with van der Waals surface area (Å²) in [5, 5.41) is 7.45. The first-order valence-corrected chi connectivity index (χ1v) is 7.39. The van der Waals surface area contributed by atoms with Crippen LogP contribution in [0.5, 0.6) is 0 Å². The van der Waals surface area contributed by atoms with Crippen molar-refractivity contribution in [1.29, 1.82) is 0 Å². The van der Waals surface area contributed by atoms with Crippen molar-refractivity contribution >= 4 is 17.3 Å². The molecule has 1 aromatic heterocycles. The molecule has 1 aliphatic rings. The van der Waals surface area contributed by atoms with E-state index in [9.17, 15) is 4.79 Å². The maximum absolute atomic E-state index is 11.8. The molecule has 2 heterocycles. The number of aromatic nitrogens is 2. The van der Waals surface area contributed by atoms with E-state index in [1.807, 2.05) is 6.92 Å². The summed E-state index contributed by atoms with van der Waals surface area (Å²) < 4.78 is 6.65. The molecular formula is C13H21ClN4O2. The summed E-state index contributed by atoms with van der Waals surface area (Å²) in [5.74, 6) is 0. The highest BCUT2D eigenvalue weighted by molar-refractivity contribution is 6.32. The van der Waals surface area contributed by atoms with Crippen molar-refractivity contribution in [3.8, 4) is 0 Å². The van der Waals surface area contributed by atoms with Gasteiger partial charge in [0.25, 0.3) is 5.56 Å². The Balaban J connectivity index is 1.79. The van der Waals surface area contributed by atoms with Gasteiger partial charge in [0, 0.05) is 26.2 Å². The normalized spacial score (nSPS) is 16.3. The second kappa shape index (κ2) is 7.61. The van der Waals surface area contributed by atoms with Crippen molar-refractivity contribution < 1.29 is 4.74 Å². The van der Waals surface area contributed by atoms with Gasteiger partial charge >= 0.3 is 0 Å². The zero-order chi connectivity index (χ0) is 14.4. The van der Waals surface area contributed by atoms with Gasteiger partial charge in [0.05, 0.1) is 25.1 Å². The predicted molar refractivity (Wildman–Crippen MR) is 79.5 cm³/mol. The lowest BCUT2D eigenvalue weighted by Crippen LogP contribution is -2.37. The molecule has 0 bridgehead atoms. The van der Waals surface area contributed by atoms with E-state index in [1.54, 1.807) is 6.20 Å². The van der Waals surface area contributed by atoms with E-state index in [-0.39, 0.29) is 10.6 Å². The van der Waals surface area contributed by atoms with Crippen LogP contribution in [0.4, 0.5) is 5.69 Å². The van der Waals surface area contributed by atoms with Crippen molar-refractivity contribution in [3.05, 3.63) is 21.6 Å². The lowest BCUT2D eigenvalue weighted by molar-refractivity contribution is 0.0378. The van der Waals surface area contributed by atoms with Crippen LogP contribution < -0.4 is 10.9 Å². The third-order valence-electron chi connectivity index (χ3n) is 3.35. The van der Waals surface area contributed by atoms with Gasteiger partial charge in [0.2, 0.25) is 0 Å². The van der Waals surface area contributed by atoms with E-state index >= 15 is 0 Å². The molecule has 0 radical (unpaired) electrons. The van der Waals surface area contributed by atoms with Crippen molar-refractivity contribution in [1.82, 2.24) is 14.7 Å². The minimum atomic E-state index is -0.243. The highest BCUT2D eigenvalue weighted by Gasteiger charge is 2.10. The van der Waals surface area contributed by atoms with E-state index in [1.165, 1.54) is 4.68 Å². The molecule has 1 saturated heterocycles. The number of anilines is 1. The van der Waals surface area contributed by atoms with Crippen LogP contribution in [0.1, 0.15) is 13.3 Å². The molecule has 0 amide bonds. The molecule has 7 heteroatoms. The summed E-state index contributed by atoms with van der Waals surface area (Å²) in [7, 11) is 0. The molecule has 1 aromatic rings.